The van der Waals surface area contributed by atoms with E-state index in [2.05, 4.69) is 10.6 Å². The first-order chi connectivity index (χ1) is 13.9. The van der Waals surface area contributed by atoms with Crippen LogP contribution >= 0.6 is 0 Å². The maximum Gasteiger partial charge on any atom is 0.321 e. The van der Waals surface area contributed by atoms with Gasteiger partial charge in [-0.25, -0.2) is 4.79 Å². The summed E-state index contributed by atoms with van der Waals surface area (Å²) in [5, 5.41) is 5.94. The summed E-state index contributed by atoms with van der Waals surface area (Å²) in [6, 6.07) is 15.3. The van der Waals surface area contributed by atoms with Crippen LogP contribution in [0, 0.1) is 12.8 Å². The summed E-state index contributed by atoms with van der Waals surface area (Å²) < 4.78 is 5.34. The molecule has 1 aliphatic rings. The minimum Gasteiger partial charge on any atom is -0.497 e. The quantitative estimate of drug-likeness (QED) is 0.809. The van der Waals surface area contributed by atoms with E-state index in [9.17, 15) is 9.59 Å². The molecular formula is C23H29N3O3. The van der Waals surface area contributed by atoms with Gasteiger partial charge < -0.3 is 20.3 Å². The summed E-state index contributed by atoms with van der Waals surface area (Å²) in [5.74, 6) is 0.312. The van der Waals surface area contributed by atoms with Gasteiger partial charge >= 0.3 is 6.03 Å². The number of carbonyl (C=O) groups is 2. The van der Waals surface area contributed by atoms with Crippen LogP contribution in [-0.2, 0) is 4.79 Å². The van der Waals surface area contributed by atoms with E-state index < -0.39 is 0 Å². The molecule has 2 aromatic rings. The number of urea groups is 1. The molecule has 0 radical (unpaired) electrons. The Bertz CT molecular complexity index is 864. The third kappa shape index (κ3) is 5.08. The second-order valence-corrected chi connectivity index (χ2v) is 7.85. The van der Waals surface area contributed by atoms with E-state index in [4.69, 9.17) is 4.74 Å². The summed E-state index contributed by atoms with van der Waals surface area (Å²) in [7, 11) is 1.62. The van der Waals surface area contributed by atoms with Crippen molar-refractivity contribution in [2.24, 2.45) is 5.92 Å². The van der Waals surface area contributed by atoms with E-state index in [1.54, 1.807) is 12.0 Å². The molecule has 2 unspecified atom stereocenters. The Labute approximate surface area is 172 Å². The Morgan fingerprint density at radius 3 is 2.48 bits per heavy atom. The summed E-state index contributed by atoms with van der Waals surface area (Å²) in [6.45, 7) is 6.73. The molecule has 1 fully saturated rings. The van der Waals surface area contributed by atoms with E-state index in [-0.39, 0.29) is 29.8 Å². The number of aryl methyl sites for hydroxylation is 1. The Balaban J connectivity index is 1.80. The van der Waals surface area contributed by atoms with Crippen LogP contribution in [0.2, 0.25) is 0 Å². The highest BCUT2D eigenvalue weighted by atomic mass is 16.5. The van der Waals surface area contributed by atoms with Gasteiger partial charge in [-0.1, -0.05) is 29.8 Å². The van der Waals surface area contributed by atoms with Crippen molar-refractivity contribution in [3.63, 3.8) is 0 Å². The number of amides is 3. The minimum absolute atomic E-state index is 0.0292. The summed E-state index contributed by atoms with van der Waals surface area (Å²) in [5.41, 5.74) is 2.88. The molecule has 6 heteroatoms. The van der Waals surface area contributed by atoms with Gasteiger partial charge in [0.1, 0.15) is 5.75 Å². The Morgan fingerprint density at radius 2 is 1.83 bits per heavy atom. The fourth-order valence-corrected chi connectivity index (χ4v) is 3.68. The smallest absolute Gasteiger partial charge is 0.321 e. The lowest BCUT2D eigenvalue weighted by Crippen LogP contribution is -2.39. The lowest BCUT2D eigenvalue weighted by Gasteiger charge is -2.20. The molecule has 6 nitrogen and oxygen atoms in total. The number of nitrogens with one attached hydrogen (secondary N) is 2. The van der Waals surface area contributed by atoms with Gasteiger partial charge in [0.05, 0.1) is 13.0 Å². The molecule has 154 valence electrons. The standard InChI is InChI=1S/C23H29N3O3/c1-15(2)24-22(27)21-14-26(23(28)25-18-10-8-16(3)9-11-18)13-20(21)17-6-5-7-19(12-17)29-4/h5-12,15,20-21H,13-14H2,1-4H3,(H,24,27)(H,25,28). The number of likely N-dealkylation sites (tertiary alicyclic amines) is 1. The van der Waals surface area contributed by atoms with Crippen LogP contribution < -0.4 is 15.4 Å². The lowest BCUT2D eigenvalue weighted by molar-refractivity contribution is -0.125. The number of carbonyl (C=O) groups excluding carboxylic acids is 2. The van der Waals surface area contributed by atoms with Crippen molar-refractivity contribution in [2.45, 2.75) is 32.7 Å². The predicted octanol–water partition coefficient (Wildman–Crippen LogP) is 3.78. The van der Waals surface area contributed by atoms with Crippen molar-refractivity contribution in [1.29, 1.82) is 0 Å². The largest absolute Gasteiger partial charge is 0.497 e. The Hall–Kier alpha value is -3.02. The monoisotopic (exact) mass is 395 g/mol. The van der Waals surface area contributed by atoms with Gasteiger partial charge in [0.25, 0.3) is 0 Å². The first kappa shape index (κ1) is 20.7. The Morgan fingerprint density at radius 1 is 1.10 bits per heavy atom. The molecule has 2 atom stereocenters. The SMILES string of the molecule is COc1cccc(C2CN(C(=O)Nc3ccc(C)cc3)CC2C(=O)NC(C)C)c1. The number of rotatable bonds is 5. The van der Waals surface area contributed by atoms with E-state index in [0.29, 0.717) is 13.1 Å². The van der Waals surface area contributed by atoms with Crippen LogP contribution in [0.25, 0.3) is 0 Å². The van der Waals surface area contributed by atoms with Crippen LogP contribution in [0.3, 0.4) is 0 Å². The van der Waals surface area contributed by atoms with Gasteiger partial charge in [-0.15, -0.1) is 0 Å². The molecule has 0 bridgehead atoms. The number of benzene rings is 2. The van der Waals surface area contributed by atoms with Gasteiger partial charge in [-0.2, -0.15) is 0 Å². The zero-order valence-corrected chi connectivity index (χ0v) is 17.4. The highest BCUT2D eigenvalue weighted by Crippen LogP contribution is 2.34. The number of methoxy groups -OCH3 is 1. The summed E-state index contributed by atoms with van der Waals surface area (Å²) >= 11 is 0. The van der Waals surface area contributed by atoms with Crippen molar-refractivity contribution in [1.82, 2.24) is 10.2 Å². The first-order valence-corrected chi connectivity index (χ1v) is 9.94. The maximum atomic E-state index is 12.9. The maximum absolute atomic E-state index is 12.9. The van der Waals surface area contributed by atoms with E-state index >= 15 is 0 Å². The molecule has 3 amide bonds. The summed E-state index contributed by atoms with van der Waals surface area (Å²) in [6.07, 6.45) is 0. The first-order valence-electron chi connectivity index (χ1n) is 9.94. The van der Waals surface area contributed by atoms with Crippen LogP contribution in [0.15, 0.2) is 48.5 Å². The van der Waals surface area contributed by atoms with Crippen LogP contribution in [0.4, 0.5) is 10.5 Å². The fraction of sp³-hybridized carbons (Fsp3) is 0.391. The van der Waals surface area contributed by atoms with Gasteiger partial charge in [-0.05, 0) is 50.6 Å². The molecule has 29 heavy (non-hydrogen) atoms. The van der Waals surface area contributed by atoms with Crippen molar-refractivity contribution in [3.05, 3.63) is 59.7 Å². The van der Waals surface area contributed by atoms with Crippen molar-refractivity contribution >= 4 is 17.6 Å². The number of hydrogen-bond acceptors (Lipinski definition) is 3. The molecule has 2 N–H and O–H groups in total. The number of nitrogens with zero attached hydrogens (tertiary/aromatic N) is 1. The number of ether oxygens (including phenoxy) is 1. The topological polar surface area (TPSA) is 70.7 Å². The van der Waals surface area contributed by atoms with Crippen molar-refractivity contribution < 1.29 is 14.3 Å². The summed E-state index contributed by atoms with van der Waals surface area (Å²) in [4.78, 5) is 27.4. The highest BCUT2D eigenvalue weighted by molar-refractivity contribution is 5.91. The molecule has 1 heterocycles. The highest BCUT2D eigenvalue weighted by Gasteiger charge is 2.40. The normalized spacial score (nSPS) is 18.6. The van der Waals surface area contributed by atoms with Gasteiger partial charge in [0.2, 0.25) is 5.91 Å². The third-order valence-electron chi connectivity index (χ3n) is 5.20. The number of anilines is 1. The van der Waals surface area contributed by atoms with E-state index in [1.807, 2.05) is 69.3 Å². The molecule has 0 spiro atoms. The average molecular weight is 396 g/mol. The second kappa shape index (κ2) is 8.99. The molecule has 0 saturated carbocycles. The molecule has 0 aliphatic carbocycles. The van der Waals surface area contributed by atoms with Gasteiger partial charge in [0, 0.05) is 30.7 Å². The van der Waals surface area contributed by atoms with Gasteiger partial charge in [0.15, 0.2) is 0 Å². The van der Waals surface area contributed by atoms with E-state index in [1.165, 1.54) is 0 Å². The fourth-order valence-electron chi connectivity index (χ4n) is 3.68. The Kier molecular flexibility index (Phi) is 6.42. The molecule has 1 aliphatic heterocycles. The number of hydrogen-bond donors (Lipinski definition) is 2. The molecule has 2 aromatic carbocycles. The third-order valence-corrected chi connectivity index (χ3v) is 5.20. The predicted molar refractivity (Wildman–Crippen MR) is 114 cm³/mol. The second-order valence-electron chi connectivity index (χ2n) is 7.85. The lowest BCUT2D eigenvalue weighted by atomic mass is 9.88. The average Bonchev–Trinajstić information content (AvgIpc) is 3.15. The molecule has 1 saturated heterocycles. The zero-order chi connectivity index (χ0) is 21.0. The van der Waals surface area contributed by atoms with Crippen molar-refractivity contribution in [3.8, 4) is 5.75 Å². The molecule has 3 rings (SSSR count). The van der Waals surface area contributed by atoms with Crippen LogP contribution in [0.1, 0.15) is 30.9 Å². The molecule has 0 aromatic heterocycles. The molecular weight excluding hydrogens is 366 g/mol. The zero-order valence-electron chi connectivity index (χ0n) is 17.4. The van der Waals surface area contributed by atoms with Crippen molar-refractivity contribution in [2.75, 3.05) is 25.5 Å². The minimum atomic E-state index is -0.312. The van der Waals surface area contributed by atoms with Crippen LogP contribution in [0.5, 0.6) is 5.75 Å². The van der Waals surface area contributed by atoms with Crippen LogP contribution in [-0.4, -0.2) is 43.1 Å². The van der Waals surface area contributed by atoms with Gasteiger partial charge in [-0.3, -0.25) is 4.79 Å². The van der Waals surface area contributed by atoms with E-state index in [0.717, 1.165) is 22.6 Å².